The molecule has 13 nitrogen and oxygen atoms in total. The number of aromatic hydroxyl groups is 4. The van der Waals surface area contributed by atoms with Crippen LogP contribution < -0.4 is 9.47 Å². The molecule has 4 N–H and O–H groups in total. The van der Waals surface area contributed by atoms with Crippen molar-refractivity contribution >= 4 is 5.78 Å². The Labute approximate surface area is 369 Å². The molecular weight excluding hydrogens is 813 g/mol. The Morgan fingerprint density at radius 3 is 1.14 bits per heavy atom. The summed E-state index contributed by atoms with van der Waals surface area (Å²) in [5.74, 6) is 1.52. The van der Waals surface area contributed by atoms with Gasteiger partial charge in [0.25, 0.3) is 0 Å². The van der Waals surface area contributed by atoms with E-state index in [-0.39, 0.29) is 39.9 Å². The van der Waals surface area contributed by atoms with Gasteiger partial charge in [-0.1, -0.05) is 10.3 Å². The van der Waals surface area contributed by atoms with E-state index in [0.29, 0.717) is 105 Å². The summed E-state index contributed by atoms with van der Waals surface area (Å²) in [5, 5.41) is 50.0. The third-order valence-electron chi connectivity index (χ3n) is 10.5. The molecule has 0 bridgehead atoms. The number of likely N-dealkylation sites (N-methyl/N-ethyl adjacent to an activating group) is 2. The van der Waals surface area contributed by atoms with Crippen molar-refractivity contribution in [2.45, 2.75) is 0 Å². The average Bonchev–Trinajstić information content (AvgIpc) is 3.93. The van der Waals surface area contributed by atoms with E-state index in [1.54, 1.807) is 133 Å². The number of ketones is 1. The molecule has 0 aliphatic rings. The fraction of sp³-hybridized carbons (Fsp3) is 0.157. The summed E-state index contributed by atoms with van der Waals surface area (Å²) < 4.78 is 24.8. The monoisotopic (exact) mass is 858 g/mol. The van der Waals surface area contributed by atoms with Crippen LogP contribution in [0, 0.1) is 0 Å². The summed E-state index contributed by atoms with van der Waals surface area (Å²) >= 11 is 0. The second-order valence-corrected chi connectivity index (χ2v) is 15.7. The van der Waals surface area contributed by atoms with Crippen LogP contribution in [0.15, 0.2) is 143 Å². The molecule has 64 heavy (non-hydrogen) atoms. The van der Waals surface area contributed by atoms with Crippen molar-refractivity contribution in [3.8, 4) is 102 Å². The maximum Gasteiger partial charge on any atom is 0.194 e. The summed E-state index contributed by atoms with van der Waals surface area (Å²) in [6.45, 7) is 2.01. The van der Waals surface area contributed by atoms with Crippen molar-refractivity contribution in [1.82, 2.24) is 20.1 Å². The zero-order chi connectivity index (χ0) is 44.9. The fourth-order valence-corrected chi connectivity index (χ4v) is 7.21. The van der Waals surface area contributed by atoms with Crippen LogP contribution in [-0.4, -0.2) is 101 Å². The summed E-state index contributed by atoms with van der Waals surface area (Å²) in [4.78, 5) is 19.8. The van der Waals surface area contributed by atoms with E-state index < -0.39 is 0 Å². The predicted molar refractivity (Wildman–Crippen MR) is 244 cm³/mol. The molecule has 0 saturated heterocycles. The number of hydrogen-bond donors (Lipinski definition) is 4. The molecule has 8 rings (SSSR count). The number of phenolic OH excluding ortho intramolecular Hbond substituents is 4. The molecule has 0 spiro atoms. The van der Waals surface area contributed by atoms with Crippen molar-refractivity contribution < 1.29 is 43.7 Å². The maximum atomic E-state index is 15.7. The average molecular weight is 859 g/mol. The molecule has 13 heteroatoms. The summed E-state index contributed by atoms with van der Waals surface area (Å²) in [6.07, 6.45) is 0. The topological polar surface area (TPSA) is 175 Å². The zero-order valence-electron chi connectivity index (χ0n) is 35.6. The summed E-state index contributed by atoms with van der Waals surface area (Å²) in [6, 6.07) is 36.6. The first kappa shape index (κ1) is 42.8. The highest BCUT2D eigenvalue weighted by molar-refractivity contribution is 6.18. The van der Waals surface area contributed by atoms with Crippen molar-refractivity contribution in [3.63, 3.8) is 0 Å². The molecule has 2 heterocycles. The van der Waals surface area contributed by atoms with E-state index in [1.807, 2.05) is 38.0 Å². The number of carbonyl (C=O) groups excluding carboxylic acids is 1. The Bertz CT molecular complexity index is 2560. The minimum absolute atomic E-state index is 0.0597. The van der Waals surface area contributed by atoms with Crippen molar-refractivity contribution in [2.24, 2.45) is 0 Å². The second kappa shape index (κ2) is 18.6. The van der Waals surface area contributed by atoms with Crippen LogP contribution in [0.1, 0.15) is 15.9 Å². The van der Waals surface area contributed by atoms with Gasteiger partial charge in [-0.15, -0.1) is 0 Å². The largest absolute Gasteiger partial charge is 0.508 e. The van der Waals surface area contributed by atoms with Gasteiger partial charge in [0.15, 0.2) is 17.3 Å². The first-order chi connectivity index (χ1) is 30.9. The summed E-state index contributed by atoms with van der Waals surface area (Å²) in [5.41, 5.74) is 5.59. The molecule has 0 radical (unpaired) electrons. The Kier molecular flexibility index (Phi) is 12.5. The molecule has 0 unspecified atom stereocenters. The molecule has 6 aromatic carbocycles. The van der Waals surface area contributed by atoms with Gasteiger partial charge < -0.3 is 48.7 Å². The van der Waals surface area contributed by atoms with Gasteiger partial charge in [-0.2, -0.15) is 0 Å². The number of carbonyl (C=O) groups is 1. The van der Waals surface area contributed by atoms with Gasteiger partial charge >= 0.3 is 0 Å². The minimum atomic E-state index is -0.381. The van der Waals surface area contributed by atoms with E-state index in [0.717, 1.165) is 0 Å². The molecule has 0 aliphatic heterocycles. The number of rotatable bonds is 16. The lowest BCUT2D eigenvalue weighted by Gasteiger charge is -2.18. The highest BCUT2D eigenvalue weighted by Gasteiger charge is 2.30. The standard InChI is InChI=1S/C51H46N4O9/c1-54(2)25-27-61-39-21-23-41(43(29-39)45-47(31-5-13-35(56)14-6-31)52-63-50(45)33-9-17-37(58)18-10-33)49(60)42-24-22-40(62-28-26-55(3)4)30-44(42)46-48(32-7-15-36(57)16-8-32)53-64-51(46)34-11-19-38(59)20-12-34/h5-24,29-30,56-59H,25-28H2,1-4H3. The SMILES string of the molecule is CN(C)CCOc1ccc(C(=O)c2ccc(OCCN(C)C)cc2-c2c(-c3ccc(O)cc3)noc2-c2ccc(O)cc2)c(-c2c(-c3ccc(O)cc3)noc2-c2ccc(O)cc2)c1. The molecule has 2 aromatic heterocycles. The van der Waals surface area contributed by atoms with Crippen molar-refractivity contribution in [2.75, 3.05) is 54.5 Å². The van der Waals surface area contributed by atoms with Gasteiger partial charge in [0.1, 0.15) is 59.1 Å². The lowest BCUT2D eigenvalue weighted by atomic mass is 9.86. The number of hydrogen-bond acceptors (Lipinski definition) is 13. The highest BCUT2D eigenvalue weighted by atomic mass is 16.5. The lowest BCUT2D eigenvalue weighted by molar-refractivity contribution is 0.104. The Hall–Kier alpha value is -7.87. The third-order valence-corrected chi connectivity index (χ3v) is 10.5. The second-order valence-electron chi connectivity index (χ2n) is 15.7. The van der Waals surface area contributed by atoms with Gasteiger partial charge in [0.2, 0.25) is 0 Å². The molecule has 0 amide bonds. The van der Waals surface area contributed by atoms with Crippen LogP contribution in [0.3, 0.4) is 0 Å². The molecule has 0 atom stereocenters. The maximum absolute atomic E-state index is 15.7. The molecular formula is C51H46N4O9. The molecule has 0 aliphatic carbocycles. The quantitative estimate of drug-likeness (QED) is 0.0677. The molecule has 0 fully saturated rings. The number of nitrogens with zero attached hydrogens (tertiary/aromatic N) is 4. The summed E-state index contributed by atoms with van der Waals surface area (Å²) in [7, 11) is 7.81. The van der Waals surface area contributed by atoms with Crippen molar-refractivity contribution in [3.05, 3.63) is 145 Å². The molecule has 8 aromatic rings. The Balaban J connectivity index is 1.38. The lowest BCUT2D eigenvalue weighted by Crippen LogP contribution is -2.19. The van der Waals surface area contributed by atoms with Crippen LogP contribution >= 0.6 is 0 Å². The van der Waals surface area contributed by atoms with Gasteiger partial charge in [0.05, 0.1) is 11.1 Å². The van der Waals surface area contributed by atoms with E-state index in [4.69, 9.17) is 18.5 Å². The zero-order valence-corrected chi connectivity index (χ0v) is 35.6. The van der Waals surface area contributed by atoms with E-state index >= 15 is 4.79 Å². The fourth-order valence-electron chi connectivity index (χ4n) is 7.21. The molecule has 324 valence electrons. The number of benzene rings is 6. The first-order valence-corrected chi connectivity index (χ1v) is 20.5. The van der Waals surface area contributed by atoms with E-state index in [1.165, 1.54) is 0 Å². The number of ether oxygens (including phenoxy) is 2. The Morgan fingerprint density at radius 2 is 0.812 bits per heavy atom. The van der Waals surface area contributed by atoms with Crippen LogP contribution in [0.5, 0.6) is 34.5 Å². The normalized spacial score (nSPS) is 11.3. The molecule has 0 saturated carbocycles. The van der Waals surface area contributed by atoms with E-state index in [9.17, 15) is 20.4 Å². The van der Waals surface area contributed by atoms with Crippen molar-refractivity contribution in [1.29, 1.82) is 0 Å². The first-order valence-electron chi connectivity index (χ1n) is 20.5. The number of aromatic nitrogens is 2. The van der Waals surface area contributed by atoms with Crippen LogP contribution in [-0.2, 0) is 0 Å². The van der Waals surface area contributed by atoms with Crippen LogP contribution in [0.25, 0.3) is 67.4 Å². The van der Waals surface area contributed by atoms with Gasteiger partial charge in [0, 0.05) is 57.6 Å². The smallest absolute Gasteiger partial charge is 0.194 e. The Morgan fingerprint density at radius 1 is 0.484 bits per heavy atom. The van der Waals surface area contributed by atoms with Crippen LogP contribution in [0.2, 0.25) is 0 Å². The highest BCUT2D eigenvalue weighted by Crippen LogP contribution is 2.47. The van der Waals surface area contributed by atoms with Gasteiger partial charge in [-0.3, -0.25) is 4.79 Å². The van der Waals surface area contributed by atoms with E-state index in [2.05, 4.69) is 10.3 Å². The number of phenols is 4. The van der Waals surface area contributed by atoms with Gasteiger partial charge in [-0.25, -0.2) is 0 Å². The third kappa shape index (κ3) is 9.31. The van der Waals surface area contributed by atoms with Gasteiger partial charge in [-0.05, 0) is 162 Å². The van der Waals surface area contributed by atoms with Crippen LogP contribution in [0.4, 0.5) is 0 Å². The minimum Gasteiger partial charge on any atom is -0.508 e. The predicted octanol–water partition coefficient (Wildman–Crippen LogP) is 9.60.